The monoisotopic (exact) mass is 204 g/mol. The van der Waals surface area contributed by atoms with Crippen molar-refractivity contribution >= 4 is 18.4 Å². The Labute approximate surface area is 89.9 Å². The van der Waals surface area contributed by atoms with Gasteiger partial charge in [-0.3, -0.25) is 4.79 Å². The van der Waals surface area contributed by atoms with Crippen molar-refractivity contribution in [3.63, 3.8) is 0 Å². The van der Waals surface area contributed by atoms with Crippen LogP contribution in [0, 0.1) is 11.8 Å². The molecule has 0 aliphatic heterocycles. The maximum Gasteiger partial charge on any atom is 0.134 e. The standard InChI is InChI=1S/C12H12OS/c1-10(13)8-12-5-2-4-11(9-12)6-3-7-14/h2,4-5,9,14H,7-8H2,1H3. The van der Waals surface area contributed by atoms with Gasteiger partial charge in [0.2, 0.25) is 0 Å². The number of carbonyl (C=O) groups is 1. The predicted molar refractivity (Wildman–Crippen MR) is 61.6 cm³/mol. The van der Waals surface area contributed by atoms with E-state index in [1.165, 1.54) is 0 Å². The lowest BCUT2D eigenvalue weighted by Gasteiger charge is -1.97. The predicted octanol–water partition coefficient (Wildman–Crippen LogP) is 2.10. The van der Waals surface area contributed by atoms with E-state index in [-0.39, 0.29) is 5.78 Å². The van der Waals surface area contributed by atoms with Gasteiger partial charge in [0.25, 0.3) is 0 Å². The van der Waals surface area contributed by atoms with E-state index in [1.807, 2.05) is 24.3 Å². The molecule has 72 valence electrons. The molecule has 0 saturated carbocycles. The Hall–Kier alpha value is -1.20. The fourth-order valence-electron chi connectivity index (χ4n) is 1.19. The molecule has 1 nitrogen and oxygen atoms in total. The van der Waals surface area contributed by atoms with E-state index < -0.39 is 0 Å². The summed E-state index contributed by atoms with van der Waals surface area (Å²) >= 11 is 4.00. The van der Waals surface area contributed by atoms with Gasteiger partial charge in [-0.25, -0.2) is 0 Å². The third-order valence-electron chi connectivity index (χ3n) is 1.69. The zero-order valence-corrected chi connectivity index (χ0v) is 8.97. The van der Waals surface area contributed by atoms with Crippen LogP contribution in [0.4, 0.5) is 0 Å². The van der Waals surface area contributed by atoms with Crippen LogP contribution < -0.4 is 0 Å². The van der Waals surface area contributed by atoms with Crippen molar-refractivity contribution in [1.82, 2.24) is 0 Å². The molecule has 1 aromatic rings. The van der Waals surface area contributed by atoms with Crippen LogP contribution in [-0.4, -0.2) is 11.5 Å². The van der Waals surface area contributed by atoms with Crippen LogP contribution in [-0.2, 0) is 11.2 Å². The number of thiol groups is 1. The molecule has 0 bridgehead atoms. The van der Waals surface area contributed by atoms with Gasteiger partial charge in [-0.1, -0.05) is 24.0 Å². The summed E-state index contributed by atoms with van der Waals surface area (Å²) in [5, 5.41) is 0. The molecule has 0 fully saturated rings. The molecular formula is C12H12OS. The molecule has 0 atom stereocenters. The zero-order chi connectivity index (χ0) is 10.4. The molecule has 0 unspecified atom stereocenters. The molecule has 0 N–H and O–H groups in total. The highest BCUT2D eigenvalue weighted by Gasteiger charge is 1.97. The molecule has 0 saturated heterocycles. The average Bonchev–Trinajstić information content (AvgIpc) is 2.14. The number of hydrogen-bond acceptors (Lipinski definition) is 2. The molecule has 2 heteroatoms. The van der Waals surface area contributed by atoms with E-state index >= 15 is 0 Å². The highest BCUT2D eigenvalue weighted by molar-refractivity contribution is 7.80. The van der Waals surface area contributed by atoms with E-state index in [2.05, 4.69) is 24.5 Å². The fraction of sp³-hybridized carbons (Fsp3) is 0.250. The maximum absolute atomic E-state index is 10.9. The van der Waals surface area contributed by atoms with Crippen LogP contribution in [0.2, 0.25) is 0 Å². The summed E-state index contributed by atoms with van der Waals surface area (Å²) in [7, 11) is 0. The van der Waals surface area contributed by atoms with Crippen molar-refractivity contribution in [2.24, 2.45) is 0 Å². The largest absolute Gasteiger partial charge is 0.300 e. The number of ketones is 1. The Morgan fingerprint density at radius 1 is 1.50 bits per heavy atom. The second-order valence-corrected chi connectivity index (χ2v) is 3.36. The summed E-state index contributed by atoms with van der Waals surface area (Å²) in [5.41, 5.74) is 1.96. The highest BCUT2D eigenvalue weighted by atomic mass is 32.1. The second kappa shape index (κ2) is 5.51. The Kier molecular flexibility index (Phi) is 4.28. The van der Waals surface area contributed by atoms with Gasteiger partial charge in [0, 0.05) is 12.0 Å². The summed E-state index contributed by atoms with van der Waals surface area (Å²) in [5.74, 6) is 6.57. The second-order valence-electron chi connectivity index (χ2n) is 3.04. The summed E-state index contributed by atoms with van der Waals surface area (Å²) < 4.78 is 0. The molecule has 0 aliphatic carbocycles. The van der Waals surface area contributed by atoms with E-state index in [0.29, 0.717) is 12.2 Å². The minimum atomic E-state index is 0.171. The lowest BCUT2D eigenvalue weighted by molar-refractivity contribution is -0.116. The Balaban J connectivity index is 2.84. The summed E-state index contributed by atoms with van der Waals surface area (Å²) in [6.45, 7) is 1.59. The smallest absolute Gasteiger partial charge is 0.134 e. The molecule has 0 aromatic heterocycles. The van der Waals surface area contributed by atoms with Gasteiger partial charge in [-0.05, 0) is 24.6 Å². The van der Waals surface area contributed by atoms with Crippen molar-refractivity contribution in [1.29, 1.82) is 0 Å². The van der Waals surface area contributed by atoms with Gasteiger partial charge in [-0.2, -0.15) is 12.6 Å². The summed E-state index contributed by atoms with van der Waals surface area (Å²) in [4.78, 5) is 10.9. The van der Waals surface area contributed by atoms with E-state index in [1.54, 1.807) is 6.92 Å². The third kappa shape index (κ3) is 3.68. The average molecular weight is 204 g/mol. The van der Waals surface area contributed by atoms with Crippen LogP contribution in [0.3, 0.4) is 0 Å². The molecular weight excluding hydrogens is 192 g/mol. The minimum Gasteiger partial charge on any atom is -0.300 e. The van der Waals surface area contributed by atoms with Crippen LogP contribution >= 0.6 is 12.6 Å². The van der Waals surface area contributed by atoms with Crippen LogP contribution in [0.5, 0.6) is 0 Å². The number of benzene rings is 1. The normalized spacial score (nSPS) is 9.00. The minimum absolute atomic E-state index is 0.171. The molecule has 14 heavy (non-hydrogen) atoms. The molecule has 1 rings (SSSR count). The topological polar surface area (TPSA) is 17.1 Å². The number of hydrogen-bond donors (Lipinski definition) is 1. The van der Waals surface area contributed by atoms with Crippen molar-refractivity contribution < 1.29 is 4.79 Å². The van der Waals surface area contributed by atoms with Gasteiger partial charge in [-0.15, -0.1) is 0 Å². The van der Waals surface area contributed by atoms with Gasteiger partial charge in [0.05, 0.1) is 5.75 Å². The highest BCUT2D eigenvalue weighted by Crippen LogP contribution is 2.05. The van der Waals surface area contributed by atoms with Crippen LogP contribution in [0.1, 0.15) is 18.1 Å². The first-order valence-electron chi connectivity index (χ1n) is 4.40. The lowest BCUT2D eigenvalue weighted by atomic mass is 10.1. The molecule has 0 heterocycles. The first kappa shape index (κ1) is 10.9. The van der Waals surface area contributed by atoms with E-state index in [9.17, 15) is 4.79 Å². The van der Waals surface area contributed by atoms with Crippen molar-refractivity contribution in [2.45, 2.75) is 13.3 Å². The van der Waals surface area contributed by atoms with E-state index in [4.69, 9.17) is 0 Å². The summed E-state index contributed by atoms with van der Waals surface area (Å²) in [6.07, 6.45) is 0.483. The number of rotatable bonds is 2. The van der Waals surface area contributed by atoms with Crippen molar-refractivity contribution in [3.8, 4) is 11.8 Å². The molecule has 1 aromatic carbocycles. The molecule has 0 amide bonds. The molecule has 0 aliphatic rings. The SMILES string of the molecule is CC(=O)Cc1cccc(C#CCS)c1. The fourth-order valence-corrected chi connectivity index (χ4v) is 1.27. The van der Waals surface area contributed by atoms with Crippen molar-refractivity contribution in [3.05, 3.63) is 35.4 Å². The number of carbonyl (C=O) groups excluding carboxylic acids is 1. The first-order chi connectivity index (χ1) is 6.72. The summed E-state index contributed by atoms with van der Waals surface area (Å²) in [6, 6.07) is 7.73. The third-order valence-corrected chi connectivity index (χ3v) is 1.85. The Bertz CT molecular complexity index is 385. The lowest BCUT2D eigenvalue weighted by Crippen LogP contribution is -1.96. The van der Waals surface area contributed by atoms with Gasteiger partial charge >= 0.3 is 0 Å². The van der Waals surface area contributed by atoms with Gasteiger partial charge < -0.3 is 0 Å². The Morgan fingerprint density at radius 3 is 2.93 bits per heavy atom. The van der Waals surface area contributed by atoms with Gasteiger partial charge in [0.15, 0.2) is 0 Å². The van der Waals surface area contributed by atoms with Gasteiger partial charge in [0.1, 0.15) is 5.78 Å². The van der Waals surface area contributed by atoms with E-state index in [0.717, 1.165) is 11.1 Å². The Morgan fingerprint density at radius 2 is 2.29 bits per heavy atom. The molecule has 0 spiro atoms. The molecule has 0 radical (unpaired) electrons. The van der Waals surface area contributed by atoms with Crippen LogP contribution in [0.15, 0.2) is 24.3 Å². The maximum atomic E-state index is 10.9. The first-order valence-corrected chi connectivity index (χ1v) is 5.03. The quantitative estimate of drug-likeness (QED) is 0.576. The number of Topliss-reactive ketones (excluding diaryl/α,β-unsaturated/α-hetero) is 1. The van der Waals surface area contributed by atoms with Crippen LogP contribution in [0.25, 0.3) is 0 Å². The zero-order valence-electron chi connectivity index (χ0n) is 8.08. The van der Waals surface area contributed by atoms with Crippen molar-refractivity contribution in [2.75, 3.05) is 5.75 Å².